The molecule has 1 aromatic rings. The van der Waals surface area contributed by atoms with Crippen LogP contribution in [-0.4, -0.2) is 21.3 Å². The molecule has 2 N–H and O–H groups in total. The standard InChI is InChI=1S/C10H20N4/c1-2-14-10(12-9-13-14)7-5-3-4-6-8-11/h9H,2-8,11H2,1H3. The third-order valence-electron chi connectivity index (χ3n) is 2.35. The van der Waals surface area contributed by atoms with Gasteiger partial charge in [0, 0.05) is 13.0 Å². The number of nitrogens with zero attached hydrogens (tertiary/aromatic N) is 3. The lowest BCUT2D eigenvalue weighted by atomic mass is 10.1. The highest BCUT2D eigenvalue weighted by Crippen LogP contribution is 2.04. The molecule has 80 valence electrons. The number of hydrogen-bond donors (Lipinski definition) is 1. The number of nitrogens with two attached hydrogens (primary N) is 1. The first-order valence-electron chi connectivity index (χ1n) is 5.45. The Labute approximate surface area is 85.5 Å². The van der Waals surface area contributed by atoms with E-state index in [1.165, 1.54) is 19.3 Å². The van der Waals surface area contributed by atoms with Crippen LogP contribution in [-0.2, 0) is 13.0 Å². The molecule has 4 heteroatoms. The van der Waals surface area contributed by atoms with E-state index in [0.29, 0.717) is 0 Å². The molecule has 0 saturated carbocycles. The van der Waals surface area contributed by atoms with Gasteiger partial charge in [0.25, 0.3) is 0 Å². The van der Waals surface area contributed by atoms with Crippen LogP contribution in [0.1, 0.15) is 38.4 Å². The van der Waals surface area contributed by atoms with E-state index in [4.69, 9.17) is 5.73 Å². The van der Waals surface area contributed by atoms with Crippen molar-refractivity contribution in [1.82, 2.24) is 14.8 Å². The Balaban J connectivity index is 2.17. The topological polar surface area (TPSA) is 56.7 Å². The van der Waals surface area contributed by atoms with Gasteiger partial charge in [-0.1, -0.05) is 12.8 Å². The van der Waals surface area contributed by atoms with Crippen molar-refractivity contribution in [2.45, 2.75) is 45.6 Å². The highest BCUT2D eigenvalue weighted by atomic mass is 15.3. The number of aromatic nitrogens is 3. The Bertz CT molecular complexity index is 244. The molecule has 0 aliphatic heterocycles. The van der Waals surface area contributed by atoms with E-state index in [1.807, 2.05) is 4.68 Å². The summed E-state index contributed by atoms with van der Waals surface area (Å²) in [6.45, 7) is 3.82. The average molecular weight is 196 g/mol. The van der Waals surface area contributed by atoms with Gasteiger partial charge in [-0.15, -0.1) is 0 Å². The third-order valence-corrected chi connectivity index (χ3v) is 2.35. The summed E-state index contributed by atoms with van der Waals surface area (Å²) < 4.78 is 1.96. The minimum absolute atomic E-state index is 0.811. The van der Waals surface area contributed by atoms with Crippen molar-refractivity contribution in [3.8, 4) is 0 Å². The highest BCUT2D eigenvalue weighted by Gasteiger charge is 2.01. The maximum absolute atomic E-state index is 5.42. The van der Waals surface area contributed by atoms with E-state index < -0.39 is 0 Å². The quantitative estimate of drug-likeness (QED) is 0.670. The molecule has 0 saturated heterocycles. The van der Waals surface area contributed by atoms with Crippen LogP contribution in [0.25, 0.3) is 0 Å². The van der Waals surface area contributed by atoms with Gasteiger partial charge in [0.2, 0.25) is 0 Å². The van der Waals surface area contributed by atoms with Crippen LogP contribution in [0, 0.1) is 0 Å². The molecule has 1 heterocycles. The molecule has 0 bridgehead atoms. The van der Waals surface area contributed by atoms with Crippen LogP contribution in [0.2, 0.25) is 0 Å². The molecular formula is C10H20N4. The second-order valence-electron chi connectivity index (χ2n) is 3.44. The molecule has 0 aromatic carbocycles. The summed E-state index contributed by atoms with van der Waals surface area (Å²) in [6.07, 6.45) is 7.49. The fourth-order valence-electron chi connectivity index (χ4n) is 1.53. The van der Waals surface area contributed by atoms with Crippen molar-refractivity contribution in [1.29, 1.82) is 0 Å². The van der Waals surface area contributed by atoms with Crippen LogP contribution in [0.4, 0.5) is 0 Å². The van der Waals surface area contributed by atoms with Crippen LogP contribution in [0.3, 0.4) is 0 Å². The molecule has 0 spiro atoms. The molecule has 0 aliphatic carbocycles. The van der Waals surface area contributed by atoms with E-state index in [0.717, 1.165) is 31.8 Å². The molecular weight excluding hydrogens is 176 g/mol. The summed E-state index contributed by atoms with van der Waals surface area (Å²) in [4.78, 5) is 4.23. The highest BCUT2D eigenvalue weighted by molar-refractivity contribution is 4.83. The predicted octanol–water partition coefficient (Wildman–Crippen LogP) is 1.36. The lowest BCUT2D eigenvalue weighted by Gasteiger charge is -2.02. The summed E-state index contributed by atoms with van der Waals surface area (Å²) in [5, 5.41) is 4.14. The van der Waals surface area contributed by atoms with Crippen LogP contribution >= 0.6 is 0 Å². The molecule has 0 fully saturated rings. The van der Waals surface area contributed by atoms with Gasteiger partial charge in [0.1, 0.15) is 12.2 Å². The molecule has 4 nitrogen and oxygen atoms in total. The summed E-state index contributed by atoms with van der Waals surface area (Å²) in [5.74, 6) is 1.11. The van der Waals surface area contributed by atoms with Crippen molar-refractivity contribution in [2.24, 2.45) is 5.73 Å². The van der Waals surface area contributed by atoms with Crippen molar-refractivity contribution in [3.63, 3.8) is 0 Å². The van der Waals surface area contributed by atoms with Gasteiger partial charge in [-0.25, -0.2) is 4.98 Å². The van der Waals surface area contributed by atoms with Gasteiger partial charge in [0.15, 0.2) is 0 Å². The van der Waals surface area contributed by atoms with E-state index >= 15 is 0 Å². The summed E-state index contributed by atoms with van der Waals surface area (Å²) in [5.41, 5.74) is 5.42. The zero-order valence-electron chi connectivity index (χ0n) is 8.95. The Kier molecular flexibility index (Phi) is 5.22. The van der Waals surface area contributed by atoms with Crippen molar-refractivity contribution >= 4 is 0 Å². The summed E-state index contributed by atoms with van der Waals surface area (Å²) in [7, 11) is 0. The lowest BCUT2D eigenvalue weighted by molar-refractivity contribution is 0.579. The predicted molar refractivity (Wildman–Crippen MR) is 56.9 cm³/mol. The van der Waals surface area contributed by atoms with E-state index in [9.17, 15) is 0 Å². The molecule has 0 amide bonds. The maximum atomic E-state index is 5.42. The van der Waals surface area contributed by atoms with Crippen molar-refractivity contribution in [2.75, 3.05) is 6.54 Å². The van der Waals surface area contributed by atoms with Gasteiger partial charge in [-0.2, -0.15) is 5.10 Å². The molecule has 14 heavy (non-hydrogen) atoms. The number of aryl methyl sites for hydroxylation is 2. The largest absolute Gasteiger partial charge is 0.330 e. The Morgan fingerprint density at radius 1 is 1.29 bits per heavy atom. The van der Waals surface area contributed by atoms with E-state index in [2.05, 4.69) is 17.0 Å². The number of unbranched alkanes of at least 4 members (excludes halogenated alkanes) is 3. The first-order valence-corrected chi connectivity index (χ1v) is 5.45. The molecule has 1 rings (SSSR count). The number of hydrogen-bond acceptors (Lipinski definition) is 3. The van der Waals surface area contributed by atoms with Crippen molar-refractivity contribution < 1.29 is 0 Å². The third kappa shape index (κ3) is 3.46. The van der Waals surface area contributed by atoms with Crippen LogP contribution in [0.5, 0.6) is 0 Å². The average Bonchev–Trinajstić information content (AvgIpc) is 2.65. The summed E-state index contributed by atoms with van der Waals surface area (Å²) >= 11 is 0. The van der Waals surface area contributed by atoms with Gasteiger partial charge in [-0.3, -0.25) is 4.68 Å². The second-order valence-corrected chi connectivity index (χ2v) is 3.44. The normalized spacial score (nSPS) is 10.7. The van der Waals surface area contributed by atoms with Crippen LogP contribution in [0.15, 0.2) is 6.33 Å². The summed E-state index contributed by atoms with van der Waals surface area (Å²) in [6, 6.07) is 0. The molecule has 0 radical (unpaired) electrons. The first-order chi connectivity index (χ1) is 6.88. The minimum atomic E-state index is 0.811. The fourth-order valence-corrected chi connectivity index (χ4v) is 1.53. The number of rotatable bonds is 7. The van der Waals surface area contributed by atoms with Gasteiger partial charge in [0.05, 0.1) is 0 Å². The minimum Gasteiger partial charge on any atom is -0.330 e. The smallest absolute Gasteiger partial charge is 0.138 e. The first kappa shape index (κ1) is 11.2. The van der Waals surface area contributed by atoms with Crippen LogP contribution < -0.4 is 5.73 Å². The SMILES string of the molecule is CCn1ncnc1CCCCCCN. The lowest BCUT2D eigenvalue weighted by Crippen LogP contribution is -2.04. The van der Waals surface area contributed by atoms with Gasteiger partial charge in [-0.05, 0) is 26.3 Å². The molecule has 1 aromatic heterocycles. The van der Waals surface area contributed by atoms with E-state index in [1.54, 1.807) is 6.33 Å². The monoisotopic (exact) mass is 196 g/mol. The second kappa shape index (κ2) is 6.54. The van der Waals surface area contributed by atoms with E-state index in [-0.39, 0.29) is 0 Å². The zero-order chi connectivity index (χ0) is 10.2. The Morgan fingerprint density at radius 3 is 2.79 bits per heavy atom. The Hall–Kier alpha value is -0.900. The van der Waals surface area contributed by atoms with Crippen molar-refractivity contribution in [3.05, 3.63) is 12.2 Å². The molecule has 0 aliphatic rings. The maximum Gasteiger partial charge on any atom is 0.138 e. The zero-order valence-corrected chi connectivity index (χ0v) is 8.95. The fraction of sp³-hybridized carbons (Fsp3) is 0.800. The van der Waals surface area contributed by atoms with Gasteiger partial charge >= 0.3 is 0 Å². The van der Waals surface area contributed by atoms with Gasteiger partial charge < -0.3 is 5.73 Å². The molecule has 0 unspecified atom stereocenters. The Morgan fingerprint density at radius 2 is 2.07 bits per heavy atom. The molecule has 0 atom stereocenters.